The molecule has 24 heavy (non-hydrogen) atoms. The van der Waals surface area contributed by atoms with Crippen molar-refractivity contribution in [3.8, 4) is 0 Å². The Balaban J connectivity index is 1.43. The maximum atomic E-state index is 12.2. The van der Waals surface area contributed by atoms with Crippen molar-refractivity contribution in [2.24, 2.45) is 0 Å². The second kappa shape index (κ2) is 7.38. The molecule has 0 radical (unpaired) electrons. The normalized spacial score (nSPS) is 21.5. The largest absolute Gasteiger partial charge is 0.459 e. The van der Waals surface area contributed by atoms with Gasteiger partial charge >= 0.3 is 0 Å². The van der Waals surface area contributed by atoms with E-state index in [-0.39, 0.29) is 24.3 Å². The number of nitrogens with one attached hydrogen (secondary N) is 1. The molecule has 1 aromatic rings. The van der Waals surface area contributed by atoms with Gasteiger partial charge < -0.3 is 19.7 Å². The number of amides is 2. The Morgan fingerprint density at radius 3 is 2.58 bits per heavy atom. The van der Waals surface area contributed by atoms with Crippen molar-refractivity contribution in [3.05, 3.63) is 24.2 Å². The zero-order chi connectivity index (χ0) is 17.0. The van der Waals surface area contributed by atoms with Gasteiger partial charge in [-0.3, -0.25) is 9.59 Å². The monoisotopic (exact) mass is 334 g/mol. The summed E-state index contributed by atoms with van der Waals surface area (Å²) in [5.41, 5.74) is -0.821. The van der Waals surface area contributed by atoms with Crippen LogP contribution in [0.3, 0.4) is 0 Å². The Bertz CT molecular complexity index is 556. The molecule has 2 aliphatic rings. The van der Waals surface area contributed by atoms with Gasteiger partial charge in [-0.05, 0) is 37.8 Å². The van der Waals surface area contributed by atoms with Gasteiger partial charge in [0, 0.05) is 19.1 Å². The molecular formula is C18H26N2O4. The zero-order valence-electron chi connectivity index (χ0n) is 14.0. The number of hydrogen-bond donors (Lipinski definition) is 2. The van der Waals surface area contributed by atoms with Crippen LogP contribution in [0.1, 0.15) is 61.9 Å². The topological polar surface area (TPSA) is 82.8 Å². The molecule has 1 aliphatic heterocycles. The molecule has 1 saturated heterocycles. The third-order valence-electron chi connectivity index (χ3n) is 5.15. The number of likely N-dealkylation sites (tertiary alicyclic amines) is 1. The Kier molecular flexibility index (Phi) is 5.23. The van der Waals surface area contributed by atoms with Crippen LogP contribution >= 0.6 is 0 Å². The van der Waals surface area contributed by atoms with Gasteiger partial charge in [0.2, 0.25) is 5.91 Å². The van der Waals surface area contributed by atoms with E-state index < -0.39 is 5.60 Å². The molecule has 1 aliphatic carbocycles. The van der Waals surface area contributed by atoms with Gasteiger partial charge in [-0.25, -0.2) is 0 Å². The van der Waals surface area contributed by atoms with Gasteiger partial charge in [-0.2, -0.15) is 0 Å². The second-order valence-corrected chi connectivity index (χ2v) is 7.07. The van der Waals surface area contributed by atoms with Crippen molar-refractivity contribution in [2.75, 3.05) is 13.1 Å². The first-order chi connectivity index (χ1) is 11.6. The van der Waals surface area contributed by atoms with Crippen molar-refractivity contribution in [1.82, 2.24) is 10.2 Å². The fourth-order valence-electron chi connectivity index (χ4n) is 3.75. The van der Waals surface area contributed by atoms with E-state index in [0.29, 0.717) is 18.8 Å². The fraction of sp³-hybridized carbons (Fsp3) is 0.667. The third kappa shape index (κ3) is 4.17. The molecule has 0 atom stereocenters. The van der Waals surface area contributed by atoms with Crippen molar-refractivity contribution < 1.29 is 19.1 Å². The highest BCUT2D eigenvalue weighted by molar-refractivity contribution is 5.91. The molecule has 2 heterocycles. The number of rotatable bonds is 4. The summed E-state index contributed by atoms with van der Waals surface area (Å²) in [6.07, 6.45) is 7.73. The number of hydrogen-bond acceptors (Lipinski definition) is 4. The molecule has 2 fully saturated rings. The van der Waals surface area contributed by atoms with Crippen LogP contribution in [0.5, 0.6) is 0 Å². The number of carbonyl (C=O) groups is 2. The Hall–Kier alpha value is -1.82. The van der Waals surface area contributed by atoms with E-state index in [4.69, 9.17) is 4.42 Å². The van der Waals surface area contributed by atoms with Gasteiger partial charge in [0.05, 0.1) is 18.3 Å². The lowest BCUT2D eigenvalue weighted by molar-refractivity contribution is -0.128. The van der Waals surface area contributed by atoms with E-state index in [2.05, 4.69) is 5.32 Å². The van der Waals surface area contributed by atoms with Crippen LogP contribution in [0.2, 0.25) is 0 Å². The molecular weight excluding hydrogens is 308 g/mol. The molecule has 3 rings (SSSR count). The van der Waals surface area contributed by atoms with Crippen LogP contribution in [-0.4, -0.2) is 46.6 Å². The number of aliphatic hydroxyl groups is 1. The lowest BCUT2D eigenvalue weighted by Crippen LogP contribution is -2.48. The van der Waals surface area contributed by atoms with Crippen LogP contribution in [-0.2, 0) is 4.79 Å². The lowest BCUT2D eigenvalue weighted by Gasteiger charge is -2.34. The highest BCUT2D eigenvalue weighted by Crippen LogP contribution is 2.30. The summed E-state index contributed by atoms with van der Waals surface area (Å²) in [6, 6.07) is 3.45. The fourth-order valence-corrected chi connectivity index (χ4v) is 3.75. The number of carbonyl (C=O) groups excluding carboxylic acids is 2. The first-order valence-corrected chi connectivity index (χ1v) is 8.90. The lowest BCUT2D eigenvalue weighted by atomic mass is 9.82. The highest BCUT2D eigenvalue weighted by Gasteiger charge is 2.33. The van der Waals surface area contributed by atoms with Gasteiger partial charge in [0.15, 0.2) is 5.76 Å². The average Bonchev–Trinajstić information content (AvgIpc) is 3.09. The van der Waals surface area contributed by atoms with Crippen molar-refractivity contribution in [3.63, 3.8) is 0 Å². The molecule has 0 unspecified atom stereocenters. The zero-order valence-corrected chi connectivity index (χ0v) is 14.0. The van der Waals surface area contributed by atoms with Gasteiger partial charge in [0.25, 0.3) is 5.91 Å². The van der Waals surface area contributed by atoms with Crippen LogP contribution in [0, 0.1) is 0 Å². The van der Waals surface area contributed by atoms with Crippen molar-refractivity contribution in [2.45, 2.75) is 63.0 Å². The van der Waals surface area contributed by atoms with E-state index in [1.165, 1.54) is 6.26 Å². The van der Waals surface area contributed by atoms with E-state index >= 15 is 0 Å². The first kappa shape index (κ1) is 17.0. The summed E-state index contributed by atoms with van der Waals surface area (Å²) in [6.45, 7) is 1.21. The molecule has 0 bridgehead atoms. The number of furan rings is 1. The predicted octanol–water partition coefficient (Wildman–Crippen LogP) is 2.09. The summed E-state index contributed by atoms with van der Waals surface area (Å²) >= 11 is 0. The molecule has 6 heteroatoms. The van der Waals surface area contributed by atoms with Crippen LogP contribution < -0.4 is 5.32 Å². The van der Waals surface area contributed by atoms with Gasteiger partial charge in [0.1, 0.15) is 0 Å². The van der Waals surface area contributed by atoms with E-state index in [9.17, 15) is 14.7 Å². The molecule has 1 saturated carbocycles. The van der Waals surface area contributed by atoms with Gasteiger partial charge in [-0.1, -0.05) is 19.3 Å². The Morgan fingerprint density at radius 2 is 1.96 bits per heavy atom. The number of piperidine rings is 1. The smallest absolute Gasteiger partial charge is 0.289 e. The van der Waals surface area contributed by atoms with E-state index in [1.54, 1.807) is 17.0 Å². The van der Waals surface area contributed by atoms with E-state index in [0.717, 1.165) is 44.9 Å². The Labute approximate surface area is 142 Å². The minimum atomic E-state index is -0.821. The molecule has 2 N–H and O–H groups in total. The summed E-state index contributed by atoms with van der Waals surface area (Å²) in [4.78, 5) is 26.2. The summed E-state index contributed by atoms with van der Waals surface area (Å²) in [5.74, 6) is 0.188. The predicted molar refractivity (Wildman–Crippen MR) is 88.4 cm³/mol. The quantitative estimate of drug-likeness (QED) is 0.883. The number of nitrogens with zero attached hydrogens (tertiary/aromatic N) is 1. The van der Waals surface area contributed by atoms with E-state index in [1.807, 2.05) is 0 Å². The standard InChI is InChI=1S/C18H26N2O4/c21-16(13-18(23)8-2-1-3-9-18)19-14-6-10-20(11-7-14)17(22)15-5-4-12-24-15/h4-5,12,14,23H,1-3,6-11,13H2,(H,19,21). The maximum absolute atomic E-state index is 12.2. The third-order valence-corrected chi connectivity index (χ3v) is 5.15. The molecule has 1 aromatic heterocycles. The minimum absolute atomic E-state index is 0.0739. The van der Waals surface area contributed by atoms with Crippen LogP contribution in [0.25, 0.3) is 0 Å². The van der Waals surface area contributed by atoms with Crippen molar-refractivity contribution in [1.29, 1.82) is 0 Å². The van der Waals surface area contributed by atoms with Gasteiger partial charge in [-0.15, -0.1) is 0 Å². The Morgan fingerprint density at radius 1 is 1.25 bits per heavy atom. The first-order valence-electron chi connectivity index (χ1n) is 8.90. The SMILES string of the molecule is O=C(CC1(O)CCCCC1)NC1CCN(C(=O)c2ccco2)CC1. The summed E-state index contributed by atoms with van der Waals surface area (Å²) < 4.78 is 5.15. The second-order valence-electron chi connectivity index (χ2n) is 7.07. The molecule has 6 nitrogen and oxygen atoms in total. The van der Waals surface area contributed by atoms with Crippen molar-refractivity contribution >= 4 is 11.8 Å². The van der Waals surface area contributed by atoms with Crippen LogP contribution in [0.4, 0.5) is 0 Å². The minimum Gasteiger partial charge on any atom is -0.459 e. The molecule has 0 aromatic carbocycles. The average molecular weight is 334 g/mol. The molecule has 2 amide bonds. The molecule has 132 valence electrons. The maximum Gasteiger partial charge on any atom is 0.289 e. The summed E-state index contributed by atoms with van der Waals surface area (Å²) in [7, 11) is 0. The van der Waals surface area contributed by atoms with Crippen LogP contribution in [0.15, 0.2) is 22.8 Å². The summed E-state index contributed by atoms with van der Waals surface area (Å²) in [5, 5.41) is 13.5. The molecule has 0 spiro atoms. The highest BCUT2D eigenvalue weighted by atomic mass is 16.3.